The third kappa shape index (κ3) is 4.93. The number of carbonyl (C=O) groups is 1. The van der Waals surface area contributed by atoms with E-state index in [1.807, 2.05) is 31.2 Å². The van der Waals surface area contributed by atoms with E-state index in [0.29, 0.717) is 17.1 Å². The summed E-state index contributed by atoms with van der Waals surface area (Å²) in [6.45, 7) is 1.78. The van der Waals surface area contributed by atoms with E-state index in [4.69, 9.17) is 9.88 Å². The summed E-state index contributed by atoms with van der Waals surface area (Å²) >= 11 is 0. The lowest BCUT2D eigenvalue weighted by molar-refractivity contribution is -0.118. The average Bonchev–Trinajstić information content (AvgIpc) is 2.67. The minimum atomic E-state index is -3.77. The van der Waals surface area contributed by atoms with Gasteiger partial charge in [-0.1, -0.05) is 29.8 Å². The van der Waals surface area contributed by atoms with Crippen molar-refractivity contribution in [1.82, 2.24) is 4.98 Å². The Hall–Kier alpha value is -3.23. The molecule has 0 bridgehead atoms. The predicted molar refractivity (Wildman–Crippen MR) is 106 cm³/mol. The zero-order valence-electron chi connectivity index (χ0n) is 15.1. The van der Waals surface area contributed by atoms with Crippen molar-refractivity contribution in [1.29, 1.82) is 0 Å². The fourth-order valence-corrected chi connectivity index (χ4v) is 3.02. The molecule has 2 aromatic carbocycles. The van der Waals surface area contributed by atoms with Gasteiger partial charge in [0, 0.05) is 17.4 Å². The molecule has 3 rings (SSSR count). The van der Waals surface area contributed by atoms with Crippen LogP contribution >= 0.6 is 0 Å². The SMILES string of the molecule is Cc1ccc(-c2ncccc2OCC(=O)Nc2ccc(S(N)(=O)=O)cc2)cc1. The number of sulfonamides is 1. The number of nitrogens with two attached hydrogens (primary N) is 1. The Morgan fingerprint density at radius 3 is 2.39 bits per heavy atom. The van der Waals surface area contributed by atoms with Crippen molar-refractivity contribution in [3.63, 3.8) is 0 Å². The second-order valence-corrected chi connectivity index (χ2v) is 7.68. The Morgan fingerprint density at radius 2 is 1.75 bits per heavy atom. The highest BCUT2D eigenvalue weighted by molar-refractivity contribution is 7.89. The molecule has 7 nitrogen and oxygen atoms in total. The Morgan fingerprint density at radius 1 is 1.07 bits per heavy atom. The molecule has 0 radical (unpaired) electrons. The summed E-state index contributed by atoms with van der Waals surface area (Å²) in [5.74, 6) is 0.105. The molecule has 1 aromatic heterocycles. The molecule has 8 heteroatoms. The van der Waals surface area contributed by atoms with Gasteiger partial charge in [-0.2, -0.15) is 0 Å². The molecular weight excluding hydrogens is 378 g/mol. The minimum absolute atomic E-state index is 0.0279. The highest BCUT2D eigenvalue weighted by Crippen LogP contribution is 2.27. The summed E-state index contributed by atoms with van der Waals surface area (Å²) in [6.07, 6.45) is 1.66. The van der Waals surface area contributed by atoms with Gasteiger partial charge in [-0.15, -0.1) is 0 Å². The summed E-state index contributed by atoms with van der Waals surface area (Å²) < 4.78 is 28.2. The number of primary sulfonamides is 1. The number of aromatic nitrogens is 1. The molecule has 1 heterocycles. The number of amides is 1. The number of nitrogens with one attached hydrogen (secondary N) is 1. The number of aryl methyl sites for hydroxylation is 1. The first-order valence-electron chi connectivity index (χ1n) is 8.40. The number of pyridine rings is 1. The molecule has 0 spiro atoms. The fraction of sp³-hybridized carbons (Fsp3) is 0.100. The number of ether oxygens (including phenoxy) is 1. The molecule has 0 unspecified atom stereocenters. The summed E-state index contributed by atoms with van der Waals surface area (Å²) in [4.78, 5) is 16.5. The number of benzene rings is 2. The third-order valence-corrected chi connectivity index (χ3v) is 4.85. The second kappa shape index (κ2) is 8.20. The van der Waals surface area contributed by atoms with E-state index in [0.717, 1.165) is 11.1 Å². The first-order valence-corrected chi connectivity index (χ1v) is 9.95. The monoisotopic (exact) mass is 397 g/mol. The lowest BCUT2D eigenvalue weighted by Gasteiger charge is -2.11. The lowest BCUT2D eigenvalue weighted by Crippen LogP contribution is -2.20. The minimum Gasteiger partial charge on any atom is -0.481 e. The van der Waals surface area contributed by atoms with E-state index in [9.17, 15) is 13.2 Å². The molecule has 0 aliphatic heterocycles. The highest BCUT2D eigenvalue weighted by Gasteiger charge is 2.11. The molecule has 0 aliphatic rings. The molecule has 1 amide bonds. The van der Waals surface area contributed by atoms with Gasteiger partial charge in [0.15, 0.2) is 6.61 Å². The molecule has 3 N–H and O–H groups in total. The number of anilines is 1. The second-order valence-electron chi connectivity index (χ2n) is 6.12. The lowest BCUT2D eigenvalue weighted by atomic mass is 10.1. The summed E-state index contributed by atoms with van der Waals surface area (Å²) in [5.41, 5.74) is 3.11. The number of rotatable bonds is 6. The maximum atomic E-state index is 12.2. The molecule has 0 saturated carbocycles. The quantitative estimate of drug-likeness (QED) is 0.664. The van der Waals surface area contributed by atoms with Crippen LogP contribution in [0.5, 0.6) is 5.75 Å². The van der Waals surface area contributed by atoms with Crippen LogP contribution in [-0.2, 0) is 14.8 Å². The average molecular weight is 397 g/mol. The van der Waals surface area contributed by atoms with Gasteiger partial charge in [-0.25, -0.2) is 13.6 Å². The van der Waals surface area contributed by atoms with Crippen LogP contribution in [0.4, 0.5) is 5.69 Å². The Balaban J connectivity index is 1.66. The van der Waals surface area contributed by atoms with Crippen LogP contribution in [0.15, 0.2) is 71.8 Å². The standard InChI is InChI=1S/C20H19N3O4S/c1-14-4-6-15(7-5-14)20-18(3-2-12-22-20)27-13-19(24)23-16-8-10-17(11-9-16)28(21,25)26/h2-12H,13H2,1H3,(H,23,24)(H2,21,25,26). The van der Waals surface area contributed by atoms with Gasteiger partial charge < -0.3 is 10.1 Å². The topological polar surface area (TPSA) is 111 Å². The summed E-state index contributed by atoms with van der Waals surface area (Å²) in [6, 6.07) is 16.9. The Kier molecular flexibility index (Phi) is 5.72. The summed E-state index contributed by atoms with van der Waals surface area (Å²) in [7, 11) is -3.77. The number of hydrogen-bond acceptors (Lipinski definition) is 5. The number of nitrogens with zero attached hydrogens (tertiary/aromatic N) is 1. The van der Waals surface area contributed by atoms with Crippen LogP contribution < -0.4 is 15.2 Å². The zero-order chi connectivity index (χ0) is 20.1. The van der Waals surface area contributed by atoms with E-state index in [1.165, 1.54) is 24.3 Å². The van der Waals surface area contributed by atoms with Crippen LogP contribution in [0.2, 0.25) is 0 Å². The smallest absolute Gasteiger partial charge is 0.262 e. The maximum Gasteiger partial charge on any atom is 0.262 e. The van der Waals surface area contributed by atoms with Gasteiger partial charge in [-0.05, 0) is 43.3 Å². The van der Waals surface area contributed by atoms with Crippen LogP contribution in [0, 0.1) is 6.92 Å². The van der Waals surface area contributed by atoms with Crippen LogP contribution in [0.1, 0.15) is 5.56 Å². The number of carbonyl (C=O) groups excluding carboxylic acids is 1. The van der Waals surface area contributed by atoms with Crippen LogP contribution in [0.3, 0.4) is 0 Å². The van der Waals surface area contributed by atoms with Crippen molar-refractivity contribution in [2.24, 2.45) is 5.14 Å². The summed E-state index contributed by atoms with van der Waals surface area (Å²) in [5, 5.41) is 7.69. The predicted octanol–water partition coefficient (Wildman–Crippen LogP) is 2.72. The zero-order valence-corrected chi connectivity index (χ0v) is 15.9. The van der Waals surface area contributed by atoms with Gasteiger partial charge in [0.2, 0.25) is 10.0 Å². The number of hydrogen-bond donors (Lipinski definition) is 2. The highest BCUT2D eigenvalue weighted by atomic mass is 32.2. The molecule has 0 fully saturated rings. The van der Waals surface area contributed by atoms with E-state index < -0.39 is 10.0 Å². The van der Waals surface area contributed by atoms with Crippen LogP contribution in [0.25, 0.3) is 11.3 Å². The first-order chi connectivity index (χ1) is 13.3. The van der Waals surface area contributed by atoms with Gasteiger partial charge in [0.1, 0.15) is 11.4 Å². The third-order valence-electron chi connectivity index (χ3n) is 3.92. The Labute approximate surface area is 163 Å². The van der Waals surface area contributed by atoms with Gasteiger partial charge >= 0.3 is 0 Å². The van der Waals surface area contributed by atoms with Crippen molar-refractivity contribution in [2.45, 2.75) is 11.8 Å². The van der Waals surface area contributed by atoms with E-state index in [1.54, 1.807) is 18.3 Å². The fourth-order valence-electron chi connectivity index (χ4n) is 2.50. The molecule has 144 valence electrons. The maximum absolute atomic E-state index is 12.2. The van der Waals surface area contributed by atoms with Crippen molar-refractivity contribution in [3.8, 4) is 17.0 Å². The molecule has 0 atom stereocenters. The van der Waals surface area contributed by atoms with Gasteiger partial charge in [0.25, 0.3) is 5.91 Å². The van der Waals surface area contributed by atoms with E-state index in [-0.39, 0.29) is 17.4 Å². The Bertz CT molecular complexity index is 1080. The normalized spacial score (nSPS) is 11.1. The van der Waals surface area contributed by atoms with Crippen LogP contribution in [-0.4, -0.2) is 25.9 Å². The van der Waals surface area contributed by atoms with Crippen molar-refractivity contribution in [3.05, 3.63) is 72.4 Å². The van der Waals surface area contributed by atoms with E-state index >= 15 is 0 Å². The molecule has 28 heavy (non-hydrogen) atoms. The molecular formula is C20H19N3O4S. The van der Waals surface area contributed by atoms with E-state index in [2.05, 4.69) is 10.3 Å². The van der Waals surface area contributed by atoms with Crippen molar-refractivity contribution in [2.75, 3.05) is 11.9 Å². The molecule has 0 saturated heterocycles. The van der Waals surface area contributed by atoms with Crippen molar-refractivity contribution >= 4 is 21.6 Å². The largest absolute Gasteiger partial charge is 0.481 e. The van der Waals surface area contributed by atoms with Gasteiger partial charge in [-0.3, -0.25) is 9.78 Å². The molecule has 0 aliphatic carbocycles. The molecule has 3 aromatic rings. The first kappa shape index (κ1) is 19.5. The van der Waals surface area contributed by atoms with Crippen molar-refractivity contribution < 1.29 is 17.9 Å². The van der Waals surface area contributed by atoms with Gasteiger partial charge in [0.05, 0.1) is 4.90 Å².